The summed E-state index contributed by atoms with van der Waals surface area (Å²) in [4.78, 5) is 18.8. The van der Waals surface area contributed by atoms with Gasteiger partial charge in [-0.15, -0.1) is 5.10 Å². The van der Waals surface area contributed by atoms with Gasteiger partial charge in [-0.25, -0.2) is 4.68 Å². The van der Waals surface area contributed by atoms with Gasteiger partial charge in [0.25, 0.3) is 5.56 Å². The van der Waals surface area contributed by atoms with Gasteiger partial charge >= 0.3 is 0 Å². The Morgan fingerprint density at radius 1 is 1.05 bits per heavy atom. The lowest BCUT2D eigenvalue weighted by Gasteiger charge is -2.33. The van der Waals surface area contributed by atoms with E-state index < -0.39 is 0 Å². The van der Waals surface area contributed by atoms with Crippen molar-refractivity contribution in [1.82, 2.24) is 30.1 Å². The number of hydrogen-bond donors (Lipinski definition) is 1. The van der Waals surface area contributed by atoms with Crippen molar-refractivity contribution >= 4 is 10.9 Å². The van der Waals surface area contributed by atoms with Crippen molar-refractivity contribution in [1.29, 1.82) is 0 Å². The fraction of sp³-hybridized carbons (Fsp3) is 0.467. The summed E-state index contributed by atoms with van der Waals surface area (Å²) in [6.45, 7) is 16.2. The molecule has 4 aromatic rings. The Morgan fingerprint density at radius 2 is 1.84 bits per heavy atom. The number of aromatic amines is 1. The van der Waals surface area contributed by atoms with Crippen LogP contribution in [0.25, 0.3) is 10.9 Å². The molecule has 2 aromatic heterocycles. The minimum Gasteiger partial charge on any atom is -0.321 e. The van der Waals surface area contributed by atoms with Gasteiger partial charge in [0.15, 0.2) is 5.82 Å². The van der Waals surface area contributed by atoms with Crippen LogP contribution in [0.3, 0.4) is 0 Å². The predicted molar refractivity (Wildman–Crippen MR) is 150 cm³/mol. The van der Waals surface area contributed by atoms with Crippen LogP contribution >= 0.6 is 0 Å². The number of pyridine rings is 1. The molecular weight excluding hydrogens is 460 g/mol. The number of aryl methyl sites for hydroxylation is 3. The Hall–Kier alpha value is -3.32. The maximum Gasteiger partial charge on any atom is 0.252 e. The number of nitrogens with one attached hydrogen (secondary N) is 1. The van der Waals surface area contributed by atoms with Gasteiger partial charge in [0, 0.05) is 18.7 Å². The van der Waals surface area contributed by atoms with Gasteiger partial charge in [0.05, 0.1) is 17.1 Å². The van der Waals surface area contributed by atoms with E-state index in [1.165, 1.54) is 16.7 Å². The minimum absolute atomic E-state index is 0.0278. The highest BCUT2D eigenvalue weighted by molar-refractivity contribution is 5.82. The molecule has 0 spiro atoms. The normalized spacial score (nSPS) is 13.0. The van der Waals surface area contributed by atoms with Crippen molar-refractivity contribution in [3.63, 3.8) is 0 Å². The van der Waals surface area contributed by atoms with Crippen molar-refractivity contribution in [2.45, 2.75) is 85.9 Å². The zero-order valence-electron chi connectivity index (χ0n) is 23.3. The summed E-state index contributed by atoms with van der Waals surface area (Å²) in [7, 11) is 0. The molecule has 196 valence electrons. The molecule has 0 amide bonds. The van der Waals surface area contributed by atoms with Crippen LogP contribution in [0.2, 0.25) is 0 Å². The van der Waals surface area contributed by atoms with Gasteiger partial charge in [-0.1, -0.05) is 55.3 Å². The first-order chi connectivity index (χ1) is 17.6. The molecule has 1 atom stereocenters. The second-order valence-corrected chi connectivity index (χ2v) is 10.9. The topological polar surface area (TPSA) is 79.7 Å². The molecule has 0 aliphatic carbocycles. The molecule has 1 N–H and O–H groups in total. The molecule has 0 saturated heterocycles. The van der Waals surface area contributed by atoms with E-state index >= 15 is 0 Å². The number of fused-ring (bicyclic) bond motifs is 1. The fourth-order valence-electron chi connectivity index (χ4n) is 5.14. The zero-order chi connectivity index (χ0) is 26.7. The summed E-state index contributed by atoms with van der Waals surface area (Å²) in [5.74, 6) is 0.850. The summed E-state index contributed by atoms with van der Waals surface area (Å²) < 4.78 is 1.97. The molecule has 0 fully saturated rings. The quantitative estimate of drug-likeness (QED) is 0.299. The minimum atomic E-state index is -0.204. The van der Waals surface area contributed by atoms with Crippen molar-refractivity contribution in [2.24, 2.45) is 0 Å². The van der Waals surface area contributed by atoms with Crippen LogP contribution in [0, 0.1) is 20.8 Å². The highest BCUT2D eigenvalue weighted by atomic mass is 16.1. The molecule has 37 heavy (non-hydrogen) atoms. The Morgan fingerprint density at radius 3 is 2.54 bits per heavy atom. The SMILES string of the molecule is CCC(c1nnnn1C(C)(C)CC)N(CCc1cccc(C)c1)Cc1cc2cc(C)cc(C)c2[nH]c1=O. The van der Waals surface area contributed by atoms with Crippen molar-refractivity contribution < 1.29 is 0 Å². The van der Waals surface area contributed by atoms with Gasteiger partial charge in [0.2, 0.25) is 0 Å². The van der Waals surface area contributed by atoms with E-state index in [2.05, 4.69) is 109 Å². The van der Waals surface area contributed by atoms with E-state index in [1.54, 1.807) is 0 Å². The highest BCUT2D eigenvalue weighted by Gasteiger charge is 2.31. The lowest BCUT2D eigenvalue weighted by Crippen LogP contribution is -2.37. The van der Waals surface area contributed by atoms with Crippen LogP contribution in [-0.2, 0) is 18.5 Å². The lowest BCUT2D eigenvalue weighted by molar-refractivity contribution is 0.160. The molecule has 2 aromatic carbocycles. The Balaban J connectivity index is 1.75. The van der Waals surface area contributed by atoms with E-state index in [0.717, 1.165) is 53.7 Å². The van der Waals surface area contributed by atoms with Crippen molar-refractivity contribution in [2.75, 3.05) is 6.54 Å². The molecule has 4 rings (SSSR count). The average Bonchev–Trinajstić information content (AvgIpc) is 3.34. The first-order valence-electron chi connectivity index (χ1n) is 13.3. The number of benzene rings is 2. The molecule has 7 nitrogen and oxygen atoms in total. The first-order valence-corrected chi connectivity index (χ1v) is 13.3. The van der Waals surface area contributed by atoms with E-state index in [4.69, 9.17) is 0 Å². The molecular formula is C30H40N6O. The van der Waals surface area contributed by atoms with Gasteiger partial charge in [0.1, 0.15) is 0 Å². The smallest absolute Gasteiger partial charge is 0.252 e. The maximum atomic E-state index is 13.3. The van der Waals surface area contributed by atoms with Crippen molar-refractivity contribution in [3.8, 4) is 0 Å². The number of tetrazole rings is 1. The lowest BCUT2D eigenvalue weighted by atomic mass is 10.0. The first kappa shape index (κ1) is 26.7. The zero-order valence-corrected chi connectivity index (χ0v) is 23.3. The Bertz CT molecular complexity index is 1430. The molecule has 0 radical (unpaired) electrons. The summed E-state index contributed by atoms with van der Waals surface area (Å²) in [6.07, 6.45) is 2.62. The van der Waals surface area contributed by atoms with E-state index in [9.17, 15) is 4.79 Å². The third kappa shape index (κ3) is 5.82. The van der Waals surface area contributed by atoms with Gasteiger partial charge < -0.3 is 4.98 Å². The van der Waals surface area contributed by atoms with Crippen LogP contribution in [0.15, 0.2) is 47.3 Å². The summed E-state index contributed by atoms with van der Waals surface area (Å²) in [6, 6.07) is 14.9. The third-order valence-corrected chi connectivity index (χ3v) is 7.57. The van der Waals surface area contributed by atoms with E-state index in [-0.39, 0.29) is 17.1 Å². The standard InChI is InChI=1S/C30H40N6O/c1-8-26(28-32-33-34-36(28)30(6,7)9-2)35(14-13-23-12-10-11-20(3)16-23)19-25-18-24-17-21(4)15-22(5)27(24)31-29(25)37/h10-12,15-18,26H,8-9,13-14,19H2,1-7H3,(H,31,37). The second-order valence-electron chi connectivity index (χ2n) is 10.9. The summed E-state index contributed by atoms with van der Waals surface area (Å²) >= 11 is 0. The maximum absolute atomic E-state index is 13.3. The van der Waals surface area contributed by atoms with Crippen LogP contribution in [-0.4, -0.2) is 36.6 Å². The summed E-state index contributed by atoms with van der Waals surface area (Å²) in [5.41, 5.74) is 6.23. The second kappa shape index (κ2) is 11.0. The third-order valence-electron chi connectivity index (χ3n) is 7.57. The molecule has 0 aliphatic heterocycles. The van der Waals surface area contributed by atoms with Gasteiger partial charge in [-0.2, -0.15) is 0 Å². The van der Waals surface area contributed by atoms with E-state index in [1.807, 2.05) is 11.6 Å². The van der Waals surface area contributed by atoms with Crippen LogP contribution < -0.4 is 5.56 Å². The molecule has 7 heteroatoms. The number of nitrogens with zero attached hydrogens (tertiary/aromatic N) is 5. The summed E-state index contributed by atoms with van der Waals surface area (Å²) in [5, 5.41) is 14.0. The molecule has 1 unspecified atom stereocenters. The number of hydrogen-bond acceptors (Lipinski definition) is 5. The molecule has 0 saturated carbocycles. The molecule has 0 bridgehead atoms. The number of H-pyrrole nitrogens is 1. The predicted octanol–water partition coefficient (Wildman–Crippen LogP) is 5.78. The molecule has 0 aliphatic rings. The van der Waals surface area contributed by atoms with Gasteiger partial charge in [-0.05, 0) is 93.0 Å². The number of rotatable bonds is 10. The monoisotopic (exact) mass is 500 g/mol. The van der Waals surface area contributed by atoms with E-state index in [0.29, 0.717) is 6.54 Å². The largest absolute Gasteiger partial charge is 0.321 e. The number of aromatic nitrogens is 5. The average molecular weight is 501 g/mol. The van der Waals surface area contributed by atoms with Gasteiger partial charge in [-0.3, -0.25) is 9.69 Å². The van der Waals surface area contributed by atoms with Crippen LogP contribution in [0.5, 0.6) is 0 Å². The highest BCUT2D eigenvalue weighted by Crippen LogP contribution is 2.29. The van der Waals surface area contributed by atoms with Crippen LogP contribution in [0.1, 0.15) is 80.2 Å². The van der Waals surface area contributed by atoms with Crippen molar-refractivity contribution in [3.05, 3.63) is 86.5 Å². The van der Waals surface area contributed by atoms with Crippen LogP contribution in [0.4, 0.5) is 0 Å². The Kier molecular flexibility index (Phi) is 7.93. The molecule has 2 heterocycles. The Labute approximate surface area is 219 Å². The fourth-order valence-corrected chi connectivity index (χ4v) is 5.14.